The van der Waals surface area contributed by atoms with E-state index in [0.717, 1.165) is 0 Å². The van der Waals surface area contributed by atoms with Crippen LogP contribution in [0.15, 0.2) is 12.4 Å². The largest absolute Gasteiger partial charge is 0.372 e. The molecule has 0 saturated heterocycles. The second kappa shape index (κ2) is 5.63. The zero-order valence-corrected chi connectivity index (χ0v) is 8.45. The number of carbonyl (C=O) groups is 1. The van der Waals surface area contributed by atoms with Gasteiger partial charge < -0.3 is 21.7 Å². The summed E-state index contributed by atoms with van der Waals surface area (Å²) in [6.45, 7) is 0.992. The Morgan fingerprint density at radius 2 is 2.13 bits per heavy atom. The second-order valence-corrected chi connectivity index (χ2v) is 2.76. The summed E-state index contributed by atoms with van der Waals surface area (Å²) in [5.74, 6) is 1.33. The number of carbonyl (C=O) groups excluding carboxylic acids is 1. The van der Waals surface area contributed by atoms with Gasteiger partial charge in [-0.1, -0.05) is 0 Å². The summed E-state index contributed by atoms with van der Waals surface area (Å²) in [7, 11) is 1.77. The summed E-state index contributed by atoms with van der Waals surface area (Å²) >= 11 is 0. The van der Waals surface area contributed by atoms with E-state index < -0.39 is 6.03 Å². The SMILES string of the molecule is CNc1cncc(NCCNC(N)=O)n1. The number of hydrogen-bond donors (Lipinski definition) is 4. The van der Waals surface area contributed by atoms with E-state index in [-0.39, 0.29) is 0 Å². The van der Waals surface area contributed by atoms with E-state index >= 15 is 0 Å². The molecule has 0 bridgehead atoms. The lowest BCUT2D eigenvalue weighted by atomic mass is 10.5. The van der Waals surface area contributed by atoms with Crippen LogP contribution in [0.5, 0.6) is 0 Å². The van der Waals surface area contributed by atoms with Crippen molar-refractivity contribution in [1.29, 1.82) is 0 Å². The van der Waals surface area contributed by atoms with Crippen LogP contribution in [0.1, 0.15) is 0 Å². The van der Waals surface area contributed by atoms with Crippen LogP contribution in [-0.4, -0.2) is 36.1 Å². The van der Waals surface area contributed by atoms with Crippen LogP contribution >= 0.6 is 0 Å². The molecule has 0 aliphatic carbocycles. The van der Waals surface area contributed by atoms with Crippen LogP contribution in [-0.2, 0) is 0 Å². The average Bonchev–Trinajstić information content (AvgIpc) is 2.24. The molecule has 0 spiro atoms. The van der Waals surface area contributed by atoms with Crippen molar-refractivity contribution >= 4 is 17.7 Å². The van der Waals surface area contributed by atoms with Crippen molar-refractivity contribution in [3.8, 4) is 0 Å². The van der Waals surface area contributed by atoms with E-state index in [2.05, 4.69) is 25.9 Å². The standard InChI is InChI=1S/C8H14N6O/c1-10-6-4-11-5-7(14-6)12-2-3-13-8(9)15/h4-5H,2-3H2,1H3,(H3,9,13,15)(H2,10,12,14). The maximum Gasteiger partial charge on any atom is 0.312 e. The number of hydrogen-bond acceptors (Lipinski definition) is 5. The highest BCUT2D eigenvalue weighted by atomic mass is 16.2. The Labute approximate surface area is 87.5 Å². The Morgan fingerprint density at radius 1 is 1.40 bits per heavy atom. The minimum Gasteiger partial charge on any atom is -0.372 e. The molecular weight excluding hydrogens is 196 g/mol. The van der Waals surface area contributed by atoms with Crippen molar-refractivity contribution in [2.45, 2.75) is 0 Å². The van der Waals surface area contributed by atoms with Gasteiger partial charge in [0.05, 0.1) is 12.4 Å². The summed E-state index contributed by atoms with van der Waals surface area (Å²) < 4.78 is 0. The normalized spacial score (nSPS) is 9.40. The van der Waals surface area contributed by atoms with Crippen LogP contribution in [0.3, 0.4) is 0 Å². The van der Waals surface area contributed by atoms with E-state index in [1.54, 1.807) is 19.4 Å². The summed E-state index contributed by atoms with van der Waals surface area (Å²) in [5, 5.41) is 8.32. The average molecular weight is 210 g/mol. The van der Waals surface area contributed by atoms with Crippen LogP contribution in [0.4, 0.5) is 16.4 Å². The molecule has 0 unspecified atom stereocenters. The molecule has 0 fully saturated rings. The molecule has 1 heterocycles. The van der Waals surface area contributed by atoms with Gasteiger partial charge in [0.25, 0.3) is 0 Å². The first kappa shape index (κ1) is 11.0. The number of nitrogens with zero attached hydrogens (tertiary/aromatic N) is 2. The molecule has 7 nitrogen and oxygen atoms in total. The number of amides is 2. The predicted octanol–water partition coefficient (Wildman–Crippen LogP) is -0.401. The maximum atomic E-state index is 10.4. The minimum atomic E-state index is -0.535. The van der Waals surface area contributed by atoms with Gasteiger partial charge in [-0.05, 0) is 0 Å². The molecule has 0 radical (unpaired) electrons. The maximum absolute atomic E-state index is 10.4. The molecule has 82 valence electrons. The molecule has 1 rings (SSSR count). The molecule has 0 aliphatic heterocycles. The number of urea groups is 1. The van der Waals surface area contributed by atoms with Gasteiger partial charge in [-0.2, -0.15) is 0 Å². The van der Waals surface area contributed by atoms with Crippen molar-refractivity contribution < 1.29 is 4.79 Å². The summed E-state index contributed by atoms with van der Waals surface area (Å²) in [4.78, 5) is 18.5. The van der Waals surface area contributed by atoms with Crippen molar-refractivity contribution in [2.24, 2.45) is 5.73 Å². The summed E-state index contributed by atoms with van der Waals surface area (Å²) in [6, 6.07) is -0.535. The summed E-state index contributed by atoms with van der Waals surface area (Å²) in [5.41, 5.74) is 4.90. The van der Waals surface area contributed by atoms with Gasteiger partial charge >= 0.3 is 6.03 Å². The molecule has 0 saturated carbocycles. The lowest BCUT2D eigenvalue weighted by molar-refractivity contribution is 0.249. The second-order valence-electron chi connectivity index (χ2n) is 2.76. The van der Waals surface area contributed by atoms with Crippen molar-refractivity contribution in [3.05, 3.63) is 12.4 Å². The molecule has 1 aromatic heterocycles. The van der Waals surface area contributed by atoms with E-state index in [0.29, 0.717) is 24.7 Å². The molecule has 5 N–H and O–H groups in total. The first-order valence-corrected chi connectivity index (χ1v) is 4.49. The predicted molar refractivity (Wildman–Crippen MR) is 57.7 cm³/mol. The molecule has 15 heavy (non-hydrogen) atoms. The Morgan fingerprint density at radius 3 is 2.80 bits per heavy atom. The van der Waals surface area contributed by atoms with E-state index in [9.17, 15) is 4.79 Å². The molecule has 0 atom stereocenters. The van der Waals surface area contributed by atoms with Gasteiger partial charge in [-0.25, -0.2) is 9.78 Å². The highest BCUT2D eigenvalue weighted by Crippen LogP contribution is 2.04. The van der Waals surface area contributed by atoms with Gasteiger partial charge in [0.2, 0.25) is 0 Å². The van der Waals surface area contributed by atoms with Crippen LogP contribution in [0.2, 0.25) is 0 Å². The number of aromatic nitrogens is 2. The lowest BCUT2D eigenvalue weighted by Crippen LogP contribution is -2.33. The number of nitrogens with two attached hydrogens (primary N) is 1. The number of anilines is 2. The van der Waals surface area contributed by atoms with E-state index in [1.165, 1.54) is 0 Å². The third-order valence-corrected chi connectivity index (χ3v) is 1.62. The number of primary amides is 1. The third-order valence-electron chi connectivity index (χ3n) is 1.62. The lowest BCUT2D eigenvalue weighted by Gasteiger charge is -2.06. The van der Waals surface area contributed by atoms with Gasteiger partial charge in [-0.15, -0.1) is 0 Å². The van der Waals surface area contributed by atoms with E-state index in [1.807, 2.05) is 0 Å². The molecule has 2 amide bonds. The highest BCUT2D eigenvalue weighted by Gasteiger charge is 1.96. The zero-order chi connectivity index (χ0) is 11.1. The van der Waals surface area contributed by atoms with Crippen LogP contribution < -0.4 is 21.7 Å². The third kappa shape index (κ3) is 4.12. The first-order valence-electron chi connectivity index (χ1n) is 4.49. The monoisotopic (exact) mass is 210 g/mol. The fourth-order valence-electron chi connectivity index (χ4n) is 0.948. The van der Waals surface area contributed by atoms with Crippen LogP contribution in [0.25, 0.3) is 0 Å². The fraction of sp³-hybridized carbons (Fsp3) is 0.375. The quantitative estimate of drug-likeness (QED) is 0.495. The van der Waals surface area contributed by atoms with Crippen LogP contribution in [0, 0.1) is 0 Å². The van der Waals surface area contributed by atoms with Gasteiger partial charge in [0.15, 0.2) is 0 Å². The van der Waals surface area contributed by atoms with E-state index in [4.69, 9.17) is 5.73 Å². The molecule has 0 aromatic carbocycles. The smallest absolute Gasteiger partial charge is 0.312 e. The Kier molecular flexibility index (Phi) is 4.14. The van der Waals surface area contributed by atoms with Crippen molar-refractivity contribution in [2.75, 3.05) is 30.8 Å². The Bertz CT molecular complexity index is 329. The van der Waals surface area contributed by atoms with Gasteiger partial charge in [0.1, 0.15) is 11.6 Å². The molecular formula is C8H14N6O. The molecule has 0 aliphatic rings. The van der Waals surface area contributed by atoms with Gasteiger partial charge in [0, 0.05) is 20.1 Å². The highest BCUT2D eigenvalue weighted by molar-refractivity contribution is 5.71. The van der Waals surface area contributed by atoms with Crippen molar-refractivity contribution in [1.82, 2.24) is 15.3 Å². The van der Waals surface area contributed by atoms with Crippen molar-refractivity contribution in [3.63, 3.8) is 0 Å². The zero-order valence-electron chi connectivity index (χ0n) is 8.45. The van der Waals surface area contributed by atoms with Gasteiger partial charge in [-0.3, -0.25) is 4.98 Å². The molecule has 7 heteroatoms. The number of rotatable bonds is 5. The first-order chi connectivity index (χ1) is 7.22. The Hall–Kier alpha value is -2.05. The fourth-order valence-corrected chi connectivity index (χ4v) is 0.948. The minimum absolute atomic E-state index is 0.445. The molecule has 1 aromatic rings. The topological polar surface area (TPSA) is 105 Å². The summed E-state index contributed by atoms with van der Waals surface area (Å²) in [6.07, 6.45) is 3.22. The number of nitrogens with one attached hydrogen (secondary N) is 3. The Balaban J connectivity index is 2.33.